The van der Waals surface area contributed by atoms with Gasteiger partial charge in [-0.1, -0.05) is 31.2 Å². The first-order valence-electron chi connectivity index (χ1n) is 13.8. The van der Waals surface area contributed by atoms with Crippen LogP contribution in [0.2, 0.25) is 0 Å². The third-order valence-electron chi connectivity index (χ3n) is 11.1. The number of hydrogen-bond acceptors (Lipinski definition) is 3. The molecule has 2 unspecified atom stereocenters. The summed E-state index contributed by atoms with van der Waals surface area (Å²) in [4.78, 5) is 7.12. The molecule has 1 aromatic heterocycles. The molecule has 2 bridgehead atoms. The minimum absolute atomic E-state index is 0.0286. The molecule has 3 heteroatoms. The van der Waals surface area contributed by atoms with Crippen LogP contribution < -0.4 is 0 Å². The van der Waals surface area contributed by atoms with Gasteiger partial charge < -0.3 is 9.64 Å². The average Bonchev–Trinajstić information content (AvgIpc) is 3.33. The lowest BCUT2D eigenvalue weighted by Crippen LogP contribution is -2.56. The van der Waals surface area contributed by atoms with Gasteiger partial charge in [-0.3, -0.25) is 4.98 Å². The molecule has 2 spiro atoms. The molecule has 0 radical (unpaired) electrons. The van der Waals surface area contributed by atoms with Gasteiger partial charge in [-0.15, -0.1) is 0 Å². The van der Waals surface area contributed by atoms with E-state index in [0.717, 1.165) is 6.04 Å². The molecule has 2 saturated heterocycles. The summed E-state index contributed by atoms with van der Waals surface area (Å²) in [6, 6.07) is 9.99. The molecular formula is C31H36N2O. The molecule has 176 valence electrons. The zero-order valence-electron chi connectivity index (χ0n) is 20.4. The maximum Gasteiger partial charge on any atom is 0.0974 e. The number of benzene rings is 1. The second-order valence-electron chi connectivity index (χ2n) is 12.5. The summed E-state index contributed by atoms with van der Waals surface area (Å²) in [5.41, 5.74) is 4.94. The fourth-order valence-electron chi connectivity index (χ4n) is 9.27. The third kappa shape index (κ3) is 2.53. The highest BCUT2D eigenvalue weighted by atomic mass is 16.5. The van der Waals surface area contributed by atoms with Crippen LogP contribution in [0.15, 0.2) is 60.0 Å². The number of fused-ring (bicyclic) bond motifs is 2. The molecule has 1 aromatic carbocycles. The molecule has 2 saturated carbocycles. The minimum atomic E-state index is -0.0412. The lowest BCUT2D eigenvalue weighted by Gasteiger charge is -2.55. The van der Waals surface area contributed by atoms with E-state index in [9.17, 15) is 0 Å². The van der Waals surface area contributed by atoms with Crippen molar-refractivity contribution in [2.24, 2.45) is 11.3 Å². The Balaban J connectivity index is 1.16. The smallest absolute Gasteiger partial charge is 0.0974 e. The van der Waals surface area contributed by atoms with Crippen molar-refractivity contribution in [2.45, 2.75) is 87.9 Å². The van der Waals surface area contributed by atoms with E-state index in [-0.39, 0.29) is 16.6 Å². The summed E-state index contributed by atoms with van der Waals surface area (Å²) in [6.07, 6.45) is 20.6. The van der Waals surface area contributed by atoms with Gasteiger partial charge in [-0.25, -0.2) is 0 Å². The molecule has 3 aliphatic heterocycles. The molecule has 34 heavy (non-hydrogen) atoms. The molecule has 0 amide bonds. The number of hydrogen-bond donors (Lipinski definition) is 0. The predicted octanol–water partition coefficient (Wildman–Crippen LogP) is 6.55. The van der Waals surface area contributed by atoms with Gasteiger partial charge in [0.05, 0.1) is 11.2 Å². The molecule has 0 N–H and O–H groups in total. The first kappa shape index (κ1) is 20.2. The molecule has 3 aliphatic carbocycles. The van der Waals surface area contributed by atoms with E-state index in [1.807, 2.05) is 12.4 Å². The standard InChI is InChI=1S/C31H36N2O/c1-29-11-9-25-18-24-5-6-26(33-15-2-16-33)19-30(24)12-13-31(25,34-30)28(29)8-7-27(29)22-4-3-21-10-14-32-20-23(21)17-22/h3-4,9-10,14,17-18,20,26-28H,2,5-8,11-13,15-16,19H2,1H3/t26-,27?,28+,29+,30+,31?/m0/s1. The summed E-state index contributed by atoms with van der Waals surface area (Å²) in [6.45, 7) is 5.20. The van der Waals surface area contributed by atoms with Gasteiger partial charge in [0.2, 0.25) is 0 Å². The second-order valence-corrected chi connectivity index (χ2v) is 12.5. The van der Waals surface area contributed by atoms with Gasteiger partial charge in [0.15, 0.2) is 0 Å². The normalized spacial score (nSPS) is 42.9. The van der Waals surface area contributed by atoms with Crippen molar-refractivity contribution in [3.8, 4) is 0 Å². The molecule has 4 fully saturated rings. The van der Waals surface area contributed by atoms with Crippen LogP contribution in [0.1, 0.15) is 76.2 Å². The molecule has 4 heterocycles. The van der Waals surface area contributed by atoms with Crippen LogP contribution in [0.5, 0.6) is 0 Å². The fraction of sp³-hybridized carbons (Fsp3) is 0.581. The Bertz CT molecular complexity index is 1240. The number of nitrogens with zero attached hydrogens (tertiary/aromatic N) is 2. The quantitative estimate of drug-likeness (QED) is 0.516. The van der Waals surface area contributed by atoms with Crippen LogP contribution in [0.3, 0.4) is 0 Å². The zero-order valence-corrected chi connectivity index (χ0v) is 20.4. The highest BCUT2D eigenvalue weighted by Gasteiger charge is 2.66. The Morgan fingerprint density at radius 2 is 2.00 bits per heavy atom. The largest absolute Gasteiger partial charge is 0.359 e. The summed E-state index contributed by atoms with van der Waals surface area (Å²) < 4.78 is 7.49. The van der Waals surface area contributed by atoms with Crippen molar-refractivity contribution < 1.29 is 4.74 Å². The molecule has 6 aliphatic rings. The van der Waals surface area contributed by atoms with Gasteiger partial charge in [-0.2, -0.15) is 0 Å². The molecule has 8 rings (SSSR count). The number of likely N-dealkylation sites (tertiary alicyclic amines) is 1. The summed E-state index contributed by atoms with van der Waals surface area (Å²) in [5, 5.41) is 2.57. The van der Waals surface area contributed by atoms with Gasteiger partial charge in [0, 0.05) is 23.8 Å². The first-order chi connectivity index (χ1) is 16.6. The Morgan fingerprint density at radius 3 is 2.88 bits per heavy atom. The Kier molecular flexibility index (Phi) is 4.06. The molecule has 3 nitrogen and oxygen atoms in total. The lowest BCUT2D eigenvalue weighted by atomic mass is 9.58. The number of pyridine rings is 1. The van der Waals surface area contributed by atoms with E-state index in [0.29, 0.717) is 11.8 Å². The van der Waals surface area contributed by atoms with Crippen LogP contribution in [0.25, 0.3) is 10.8 Å². The zero-order chi connectivity index (χ0) is 22.5. The third-order valence-corrected chi connectivity index (χ3v) is 11.1. The van der Waals surface area contributed by atoms with Crippen molar-refractivity contribution in [2.75, 3.05) is 13.1 Å². The molecule has 2 aromatic rings. The summed E-state index contributed by atoms with van der Waals surface area (Å²) in [5.74, 6) is 1.22. The van der Waals surface area contributed by atoms with E-state index in [2.05, 4.69) is 53.2 Å². The highest BCUT2D eigenvalue weighted by molar-refractivity contribution is 5.82. The van der Waals surface area contributed by atoms with Crippen LogP contribution >= 0.6 is 0 Å². The van der Waals surface area contributed by atoms with Crippen molar-refractivity contribution in [3.63, 3.8) is 0 Å². The summed E-state index contributed by atoms with van der Waals surface area (Å²) in [7, 11) is 0. The maximum absolute atomic E-state index is 7.49. The number of ether oxygens (including phenoxy) is 1. The topological polar surface area (TPSA) is 25.4 Å². The molecule has 6 atom stereocenters. The minimum Gasteiger partial charge on any atom is -0.359 e. The van der Waals surface area contributed by atoms with Crippen molar-refractivity contribution in [1.29, 1.82) is 0 Å². The van der Waals surface area contributed by atoms with Crippen molar-refractivity contribution in [1.82, 2.24) is 9.88 Å². The van der Waals surface area contributed by atoms with E-state index in [1.54, 1.807) is 11.1 Å². The number of aromatic nitrogens is 1. The number of rotatable bonds is 2. The first-order valence-corrected chi connectivity index (χ1v) is 13.8. The maximum atomic E-state index is 7.49. The SMILES string of the molecule is C[C@]12CC=C3C=C4CC[C@H](N5CCC5)C[C@]45CCC3(O5)[C@@H]1CCC2c1ccc2ccncc2c1. The van der Waals surface area contributed by atoms with Crippen molar-refractivity contribution >= 4 is 10.8 Å². The van der Waals surface area contributed by atoms with Gasteiger partial charge >= 0.3 is 0 Å². The van der Waals surface area contributed by atoms with E-state index >= 15 is 0 Å². The number of allylic oxidation sites excluding steroid dienone is 1. The van der Waals surface area contributed by atoms with Crippen LogP contribution in [0, 0.1) is 11.3 Å². The van der Waals surface area contributed by atoms with E-state index < -0.39 is 0 Å². The van der Waals surface area contributed by atoms with Crippen molar-refractivity contribution in [3.05, 3.63) is 65.5 Å². The van der Waals surface area contributed by atoms with Crippen LogP contribution in [-0.2, 0) is 4.74 Å². The van der Waals surface area contributed by atoms with E-state index in [1.165, 1.54) is 87.2 Å². The Hall–Kier alpha value is -1.97. The van der Waals surface area contributed by atoms with Gasteiger partial charge in [-0.05, 0) is 122 Å². The van der Waals surface area contributed by atoms with Gasteiger partial charge in [0.25, 0.3) is 0 Å². The van der Waals surface area contributed by atoms with Gasteiger partial charge in [0.1, 0.15) is 0 Å². The Morgan fingerprint density at radius 1 is 1.06 bits per heavy atom. The Labute approximate surface area is 203 Å². The lowest BCUT2D eigenvalue weighted by molar-refractivity contribution is -0.142. The summed E-state index contributed by atoms with van der Waals surface area (Å²) >= 11 is 0. The molecular weight excluding hydrogens is 416 g/mol. The predicted molar refractivity (Wildman–Crippen MR) is 136 cm³/mol. The van der Waals surface area contributed by atoms with Crippen LogP contribution in [-0.4, -0.2) is 40.2 Å². The second kappa shape index (κ2) is 6.83. The highest BCUT2D eigenvalue weighted by Crippen LogP contribution is 2.69. The van der Waals surface area contributed by atoms with Crippen LogP contribution in [0.4, 0.5) is 0 Å². The average molecular weight is 453 g/mol. The monoisotopic (exact) mass is 452 g/mol. The van der Waals surface area contributed by atoms with E-state index in [4.69, 9.17) is 4.74 Å². The fourth-order valence-corrected chi connectivity index (χ4v) is 9.27.